The average molecular weight is 379 g/mol. The number of amides is 1. The molecule has 0 radical (unpaired) electrons. The lowest BCUT2D eigenvalue weighted by atomic mass is 10.1. The van der Waals surface area contributed by atoms with Crippen LogP contribution < -0.4 is 10.2 Å². The number of piperidine rings is 1. The molecule has 0 bridgehead atoms. The summed E-state index contributed by atoms with van der Waals surface area (Å²) in [5.41, 5.74) is 0.628. The Morgan fingerprint density at radius 3 is 2.33 bits per heavy atom. The number of hydrogen-bond acceptors (Lipinski definition) is 4. The van der Waals surface area contributed by atoms with Gasteiger partial charge in [-0.3, -0.25) is 4.79 Å². The van der Waals surface area contributed by atoms with Crippen molar-refractivity contribution < 1.29 is 23.1 Å². The predicted molar refractivity (Wildman–Crippen MR) is 95.8 cm³/mol. The number of aliphatic hydroxyl groups is 1. The molecule has 1 aromatic carbocycles. The first kappa shape index (κ1) is 19.2. The van der Waals surface area contributed by atoms with Crippen molar-refractivity contribution in [2.24, 2.45) is 0 Å². The molecule has 5 nitrogen and oxygen atoms in total. The molecule has 2 N–H and O–H groups in total. The smallest absolute Gasteiger partial charge is 0.393 e. The number of aliphatic hydroxyl groups excluding tert-OH is 1. The second kappa shape index (κ2) is 7.56. The third-order valence-corrected chi connectivity index (χ3v) is 4.58. The average Bonchev–Trinajstić information content (AvgIpc) is 2.62. The molecule has 3 rings (SSSR count). The van der Waals surface area contributed by atoms with Gasteiger partial charge in [0.25, 0.3) is 5.91 Å². The second-order valence-electron chi connectivity index (χ2n) is 6.55. The van der Waals surface area contributed by atoms with Gasteiger partial charge in [-0.2, -0.15) is 13.2 Å². The number of nitrogens with zero attached hydrogens (tertiary/aromatic N) is 2. The molecule has 8 heteroatoms. The number of hydrogen-bond donors (Lipinski definition) is 2. The summed E-state index contributed by atoms with van der Waals surface area (Å²) in [6.07, 6.45) is -3.35. The highest BCUT2D eigenvalue weighted by molar-refractivity contribution is 6.05. The SMILES string of the molecule is Cc1nc(C(F)(F)F)ccc1C(=O)Nc1ccc(N2CCC(O)CC2)cc1. The van der Waals surface area contributed by atoms with E-state index in [2.05, 4.69) is 15.2 Å². The van der Waals surface area contributed by atoms with Crippen LogP contribution in [0.4, 0.5) is 24.5 Å². The molecule has 0 saturated carbocycles. The van der Waals surface area contributed by atoms with Gasteiger partial charge in [-0.15, -0.1) is 0 Å². The van der Waals surface area contributed by atoms with E-state index in [1.165, 1.54) is 6.92 Å². The van der Waals surface area contributed by atoms with E-state index >= 15 is 0 Å². The normalized spacial score (nSPS) is 15.7. The fourth-order valence-electron chi connectivity index (χ4n) is 3.04. The van der Waals surface area contributed by atoms with Crippen LogP contribution >= 0.6 is 0 Å². The third kappa shape index (κ3) is 4.57. The largest absolute Gasteiger partial charge is 0.433 e. The van der Waals surface area contributed by atoms with Crippen LogP contribution in [-0.2, 0) is 6.18 Å². The molecule has 1 amide bonds. The van der Waals surface area contributed by atoms with Crippen LogP contribution in [0.5, 0.6) is 0 Å². The standard InChI is InChI=1S/C19H20F3N3O2/c1-12-16(6-7-17(23-12)19(20,21)22)18(27)24-13-2-4-14(5-3-13)25-10-8-15(26)9-11-25/h2-7,15,26H,8-11H2,1H3,(H,24,27). The van der Waals surface area contributed by atoms with Gasteiger partial charge in [-0.25, -0.2) is 4.98 Å². The minimum absolute atomic E-state index is 0.0193. The first-order valence-electron chi connectivity index (χ1n) is 8.63. The first-order chi connectivity index (χ1) is 12.7. The molecule has 1 saturated heterocycles. The van der Waals surface area contributed by atoms with Gasteiger partial charge in [-0.05, 0) is 56.2 Å². The van der Waals surface area contributed by atoms with Gasteiger partial charge in [0.1, 0.15) is 5.69 Å². The monoisotopic (exact) mass is 379 g/mol. The van der Waals surface area contributed by atoms with E-state index in [0.717, 1.165) is 43.8 Å². The first-order valence-corrected chi connectivity index (χ1v) is 8.63. The summed E-state index contributed by atoms with van der Waals surface area (Å²) in [7, 11) is 0. The van der Waals surface area contributed by atoms with Gasteiger partial charge in [0.2, 0.25) is 0 Å². The van der Waals surface area contributed by atoms with Crippen molar-refractivity contribution in [2.45, 2.75) is 32.0 Å². The molecule has 1 aliphatic rings. The fourth-order valence-corrected chi connectivity index (χ4v) is 3.04. The lowest BCUT2D eigenvalue weighted by Gasteiger charge is -2.31. The topological polar surface area (TPSA) is 65.5 Å². The van der Waals surface area contributed by atoms with Crippen molar-refractivity contribution >= 4 is 17.3 Å². The van der Waals surface area contributed by atoms with Gasteiger partial charge in [0.15, 0.2) is 0 Å². The Hall–Kier alpha value is -2.61. The zero-order valence-electron chi connectivity index (χ0n) is 14.8. The van der Waals surface area contributed by atoms with Gasteiger partial charge in [0.05, 0.1) is 17.4 Å². The van der Waals surface area contributed by atoms with E-state index in [-0.39, 0.29) is 17.4 Å². The van der Waals surface area contributed by atoms with E-state index in [4.69, 9.17) is 0 Å². The molecule has 2 heterocycles. The summed E-state index contributed by atoms with van der Waals surface area (Å²) >= 11 is 0. The molecular weight excluding hydrogens is 359 g/mol. The number of halogens is 3. The van der Waals surface area contributed by atoms with Crippen LogP contribution in [0.1, 0.15) is 34.6 Å². The molecule has 27 heavy (non-hydrogen) atoms. The van der Waals surface area contributed by atoms with E-state index in [9.17, 15) is 23.1 Å². The predicted octanol–water partition coefficient (Wildman–Crippen LogP) is 3.62. The Morgan fingerprint density at radius 1 is 1.15 bits per heavy atom. The number of nitrogens with one attached hydrogen (secondary N) is 1. The summed E-state index contributed by atoms with van der Waals surface area (Å²) < 4.78 is 38.0. The summed E-state index contributed by atoms with van der Waals surface area (Å²) in [6, 6.07) is 9.15. The fraction of sp³-hybridized carbons (Fsp3) is 0.368. The Kier molecular flexibility index (Phi) is 5.36. The van der Waals surface area contributed by atoms with Crippen LogP contribution in [0, 0.1) is 6.92 Å². The highest BCUT2D eigenvalue weighted by Gasteiger charge is 2.33. The maximum Gasteiger partial charge on any atom is 0.433 e. The van der Waals surface area contributed by atoms with Crippen LogP contribution in [0.25, 0.3) is 0 Å². The molecule has 144 valence electrons. The highest BCUT2D eigenvalue weighted by Crippen LogP contribution is 2.28. The van der Waals surface area contributed by atoms with Gasteiger partial charge < -0.3 is 15.3 Å². The third-order valence-electron chi connectivity index (χ3n) is 4.58. The number of carbonyl (C=O) groups is 1. The van der Waals surface area contributed by atoms with Gasteiger partial charge in [-0.1, -0.05) is 0 Å². The number of aromatic nitrogens is 1. The number of carbonyl (C=O) groups excluding carboxylic acids is 1. The lowest BCUT2D eigenvalue weighted by molar-refractivity contribution is -0.141. The van der Waals surface area contributed by atoms with Crippen molar-refractivity contribution in [1.29, 1.82) is 0 Å². The Balaban J connectivity index is 1.67. The summed E-state index contributed by atoms with van der Waals surface area (Å²) in [6.45, 7) is 2.91. The van der Waals surface area contributed by atoms with Crippen LogP contribution in [-0.4, -0.2) is 35.2 Å². The number of anilines is 2. The molecule has 0 unspecified atom stereocenters. The number of benzene rings is 1. The van der Waals surface area contributed by atoms with E-state index in [1.54, 1.807) is 12.1 Å². The number of rotatable bonds is 3. The van der Waals surface area contributed by atoms with E-state index in [1.807, 2.05) is 12.1 Å². The molecule has 2 aromatic rings. The van der Waals surface area contributed by atoms with Crippen molar-refractivity contribution in [1.82, 2.24) is 4.98 Å². The van der Waals surface area contributed by atoms with Crippen molar-refractivity contribution in [3.63, 3.8) is 0 Å². The summed E-state index contributed by atoms with van der Waals surface area (Å²) in [5, 5.41) is 12.2. The molecule has 0 aliphatic carbocycles. The van der Waals surface area contributed by atoms with Crippen LogP contribution in [0.2, 0.25) is 0 Å². The minimum Gasteiger partial charge on any atom is -0.393 e. The number of pyridine rings is 1. The quantitative estimate of drug-likeness (QED) is 0.855. The Morgan fingerprint density at radius 2 is 1.78 bits per heavy atom. The molecule has 1 aliphatic heterocycles. The van der Waals surface area contributed by atoms with Crippen molar-refractivity contribution in [3.05, 3.63) is 53.3 Å². The lowest BCUT2D eigenvalue weighted by Crippen LogP contribution is -2.35. The number of alkyl halides is 3. The van der Waals surface area contributed by atoms with Crippen molar-refractivity contribution in [3.8, 4) is 0 Å². The zero-order valence-corrected chi connectivity index (χ0v) is 14.8. The van der Waals surface area contributed by atoms with Crippen molar-refractivity contribution in [2.75, 3.05) is 23.3 Å². The van der Waals surface area contributed by atoms with E-state index in [0.29, 0.717) is 5.69 Å². The molecule has 1 aromatic heterocycles. The highest BCUT2D eigenvalue weighted by atomic mass is 19.4. The van der Waals surface area contributed by atoms with Crippen LogP contribution in [0.15, 0.2) is 36.4 Å². The minimum atomic E-state index is -4.54. The Bertz CT molecular complexity index is 814. The second-order valence-corrected chi connectivity index (χ2v) is 6.55. The van der Waals surface area contributed by atoms with E-state index < -0.39 is 17.8 Å². The number of aryl methyl sites for hydroxylation is 1. The molecular formula is C19H20F3N3O2. The van der Waals surface area contributed by atoms with Crippen LogP contribution in [0.3, 0.4) is 0 Å². The molecule has 1 fully saturated rings. The maximum atomic E-state index is 12.7. The van der Waals surface area contributed by atoms with Gasteiger partial charge in [0, 0.05) is 24.5 Å². The molecule has 0 spiro atoms. The Labute approximate surface area is 154 Å². The maximum absolute atomic E-state index is 12.7. The molecule has 0 atom stereocenters. The van der Waals surface area contributed by atoms with Gasteiger partial charge >= 0.3 is 6.18 Å². The summed E-state index contributed by atoms with van der Waals surface area (Å²) in [4.78, 5) is 18.0. The summed E-state index contributed by atoms with van der Waals surface area (Å²) in [5.74, 6) is -0.512. The zero-order chi connectivity index (χ0) is 19.6.